The third kappa shape index (κ3) is 4.25. The van der Waals surface area contributed by atoms with Gasteiger partial charge >= 0.3 is 0 Å². The minimum atomic E-state index is 0.879. The lowest BCUT2D eigenvalue weighted by molar-refractivity contribution is 0.736. The first-order valence-corrected chi connectivity index (χ1v) is 5.55. The van der Waals surface area contributed by atoms with Crippen LogP contribution in [0.1, 0.15) is 25.4 Å². The summed E-state index contributed by atoms with van der Waals surface area (Å²) in [6, 6.07) is 1.98. The Hall–Kier alpha value is -1.16. The minimum absolute atomic E-state index is 0.879. The standard InChI is InChI=1S/C11H20N4/c1-4-10-14-9(3)8-11(15-10)13-7-6-12-5-2/h8,12H,4-7H2,1-3H3,(H,13,14,15). The smallest absolute Gasteiger partial charge is 0.130 e. The number of aryl methyl sites for hydroxylation is 2. The van der Waals surface area contributed by atoms with Crippen LogP contribution in [0.3, 0.4) is 0 Å². The first-order chi connectivity index (χ1) is 7.26. The van der Waals surface area contributed by atoms with Gasteiger partial charge in [-0.2, -0.15) is 0 Å². The predicted molar refractivity (Wildman–Crippen MR) is 63.2 cm³/mol. The van der Waals surface area contributed by atoms with Gasteiger partial charge in [0.1, 0.15) is 11.6 Å². The van der Waals surface area contributed by atoms with Crippen LogP contribution in [-0.2, 0) is 6.42 Å². The second kappa shape index (κ2) is 6.35. The summed E-state index contributed by atoms with van der Waals surface area (Å²) in [4.78, 5) is 8.73. The van der Waals surface area contributed by atoms with Gasteiger partial charge in [0.05, 0.1) is 0 Å². The molecular weight excluding hydrogens is 188 g/mol. The van der Waals surface area contributed by atoms with E-state index in [0.29, 0.717) is 0 Å². The summed E-state index contributed by atoms with van der Waals surface area (Å²) < 4.78 is 0. The number of hydrogen-bond acceptors (Lipinski definition) is 4. The first-order valence-electron chi connectivity index (χ1n) is 5.55. The van der Waals surface area contributed by atoms with Crippen LogP contribution in [0.2, 0.25) is 0 Å². The highest BCUT2D eigenvalue weighted by Crippen LogP contribution is 2.05. The molecule has 2 N–H and O–H groups in total. The molecule has 1 aromatic heterocycles. The molecule has 0 spiro atoms. The molecule has 4 nitrogen and oxygen atoms in total. The van der Waals surface area contributed by atoms with E-state index < -0.39 is 0 Å². The molecular formula is C11H20N4. The van der Waals surface area contributed by atoms with Gasteiger partial charge < -0.3 is 10.6 Å². The zero-order valence-corrected chi connectivity index (χ0v) is 9.80. The first kappa shape index (κ1) is 11.9. The number of rotatable bonds is 6. The molecule has 4 heteroatoms. The molecule has 0 atom stereocenters. The normalized spacial score (nSPS) is 10.3. The molecule has 0 unspecified atom stereocenters. The number of likely N-dealkylation sites (N-methyl/N-ethyl adjacent to an activating group) is 1. The van der Waals surface area contributed by atoms with Crippen molar-refractivity contribution in [3.05, 3.63) is 17.6 Å². The van der Waals surface area contributed by atoms with E-state index >= 15 is 0 Å². The van der Waals surface area contributed by atoms with Crippen LogP contribution in [0.4, 0.5) is 5.82 Å². The van der Waals surface area contributed by atoms with Crippen LogP contribution in [0.15, 0.2) is 6.07 Å². The molecule has 1 heterocycles. The molecule has 1 rings (SSSR count). The molecule has 0 aliphatic heterocycles. The van der Waals surface area contributed by atoms with E-state index in [1.165, 1.54) is 0 Å². The van der Waals surface area contributed by atoms with Crippen LogP contribution in [-0.4, -0.2) is 29.6 Å². The van der Waals surface area contributed by atoms with Crippen molar-refractivity contribution in [1.82, 2.24) is 15.3 Å². The topological polar surface area (TPSA) is 49.8 Å². The van der Waals surface area contributed by atoms with Crippen molar-refractivity contribution in [2.75, 3.05) is 25.0 Å². The molecule has 15 heavy (non-hydrogen) atoms. The van der Waals surface area contributed by atoms with Crippen molar-refractivity contribution in [3.8, 4) is 0 Å². The van der Waals surface area contributed by atoms with Gasteiger partial charge in [0.15, 0.2) is 0 Å². The lowest BCUT2D eigenvalue weighted by Gasteiger charge is -2.07. The van der Waals surface area contributed by atoms with E-state index in [1.54, 1.807) is 0 Å². The maximum atomic E-state index is 4.40. The molecule has 0 amide bonds. The zero-order chi connectivity index (χ0) is 11.1. The van der Waals surface area contributed by atoms with E-state index in [4.69, 9.17) is 0 Å². The van der Waals surface area contributed by atoms with Gasteiger partial charge in [0.25, 0.3) is 0 Å². The molecule has 84 valence electrons. The molecule has 0 aliphatic rings. The average Bonchev–Trinajstić information content (AvgIpc) is 2.23. The van der Waals surface area contributed by atoms with Crippen molar-refractivity contribution in [2.45, 2.75) is 27.2 Å². The van der Waals surface area contributed by atoms with Crippen LogP contribution in [0, 0.1) is 6.92 Å². The lowest BCUT2D eigenvalue weighted by Crippen LogP contribution is -2.22. The summed E-state index contributed by atoms with van der Waals surface area (Å²) in [7, 11) is 0. The van der Waals surface area contributed by atoms with Crippen molar-refractivity contribution < 1.29 is 0 Å². The number of nitrogens with one attached hydrogen (secondary N) is 2. The highest BCUT2D eigenvalue weighted by Gasteiger charge is 1.99. The van der Waals surface area contributed by atoms with Gasteiger partial charge in [0, 0.05) is 31.3 Å². The third-order valence-corrected chi connectivity index (χ3v) is 2.07. The number of anilines is 1. The second-order valence-electron chi connectivity index (χ2n) is 3.44. The Morgan fingerprint density at radius 2 is 2.00 bits per heavy atom. The van der Waals surface area contributed by atoms with Crippen LogP contribution < -0.4 is 10.6 Å². The molecule has 0 aliphatic carbocycles. The third-order valence-electron chi connectivity index (χ3n) is 2.07. The van der Waals surface area contributed by atoms with Crippen molar-refractivity contribution in [2.24, 2.45) is 0 Å². The maximum absolute atomic E-state index is 4.40. The van der Waals surface area contributed by atoms with Crippen LogP contribution in [0.5, 0.6) is 0 Å². The number of hydrogen-bond donors (Lipinski definition) is 2. The van der Waals surface area contributed by atoms with Gasteiger partial charge in [-0.15, -0.1) is 0 Å². The van der Waals surface area contributed by atoms with E-state index in [2.05, 4.69) is 34.4 Å². The highest BCUT2D eigenvalue weighted by atomic mass is 15.0. The molecule has 0 bridgehead atoms. The summed E-state index contributed by atoms with van der Waals surface area (Å²) in [6.07, 6.45) is 0.879. The largest absolute Gasteiger partial charge is 0.369 e. The van der Waals surface area contributed by atoms with E-state index in [-0.39, 0.29) is 0 Å². The Bertz CT molecular complexity index is 299. The van der Waals surface area contributed by atoms with Crippen molar-refractivity contribution >= 4 is 5.82 Å². The van der Waals surface area contributed by atoms with Gasteiger partial charge in [-0.25, -0.2) is 9.97 Å². The van der Waals surface area contributed by atoms with E-state index in [1.807, 2.05) is 13.0 Å². The van der Waals surface area contributed by atoms with Crippen LogP contribution >= 0.6 is 0 Å². The quantitative estimate of drug-likeness (QED) is 0.693. The summed E-state index contributed by atoms with van der Waals surface area (Å²) in [5.74, 6) is 1.83. The molecule has 0 aromatic carbocycles. The Labute approximate surface area is 91.5 Å². The molecule has 1 aromatic rings. The van der Waals surface area contributed by atoms with Gasteiger partial charge in [0.2, 0.25) is 0 Å². The summed E-state index contributed by atoms with van der Waals surface area (Å²) in [6.45, 7) is 9.02. The van der Waals surface area contributed by atoms with Crippen molar-refractivity contribution in [1.29, 1.82) is 0 Å². The number of aromatic nitrogens is 2. The fourth-order valence-electron chi connectivity index (χ4n) is 1.33. The Balaban J connectivity index is 2.49. The SMILES string of the molecule is CCNCCNc1cc(C)nc(CC)n1. The predicted octanol–water partition coefficient (Wildman–Crippen LogP) is 1.37. The monoisotopic (exact) mass is 208 g/mol. The summed E-state index contributed by atoms with van der Waals surface area (Å²) in [5.41, 5.74) is 1.02. The fourth-order valence-corrected chi connectivity index (χ4v) is 1.33. The number of nitrogens with zero attached hydrogens (tertiary/aromatic N) is 2. The van der Waals surface area contributed by atoms with Gasteiger partial charge in [-0.05, 0) is 13.5 Å². The molecule has 0 saturated carbocycles. The minimum Gasteiger partial charge on any atom is -0.369 e. The lowest BCUT2D eigenvalue weighted by atomic mass is 10.3. The average molecular weight is 208 g/mol. The maximum Gasteiger partial charge on any atom is 0.130 e. The van der Waals surface area contributed by atoms with E-state index in [9.17, 15) is 0 Å². The molecule has 0 radical (unpaired) electrons. The van der Waals surface area contributed by atoms with Gasteiger partial charge in [-0.3, -0.25) is 0 Å². The highest BCUT2D eigenvalue weighted by molar-refractivity contribution is 5.35. The molecule has 0 saturated heterocycles. The van der Waals surface area contributed by atoms with Crippen LogP contribution in [0.25, 0.3) is 0 Å². The Morgan fingerprint density at radius 3 is 2.67 bits per heavy atom. The summed E-state index contributed by atoms with van der Waals surface area (Å²) in [5, 5.41) is 6.54. The van der Waals surface area contributed by atoms with Gasteiger partial charge in [-0.1, -0.05) is 13.8 Å². The van der Waals surface area contributed by atoms with E-state index in [0.717, 1.165) is 43.4 Å². The summed E-state index contributed by atoms with van der Waals surface area (Å²) >= 11 is 0. The Morgan fingerprint density at radius 1 is 1.20 bits per heavy atom. The fraction of sp³-hybridized carbons (Fsp3) is 0.636. The zero-order valence-electron chi connectivity index (χ0n) is 9.80. The van der Waals surface area contributed by atoms with Crippen molar-refractivity contribution in [3.63, 3.8) is 0 Å². The molecule has 0 fully saturated rings. The Kier molecular flexibility index (Phi) is 5.04. The second-order valence-corrected chi connectivity index (χ2v) is 3.44.